The second-order valence-electron chi connectivity index (χ2n) is 11.3. The fraction of sp³-hybridized carbons (Fsp3) is 0.278. The molecule has 0 aliphatic carbocycles. The van der Waals surface area contributed by atoms with E-state index in [1.165, 1.54) is 17.0 Å². The average molecular weight is 628 g/mol. The molecular formula is C36H41N3O5S. The highest BCUT2D eigenvalue weighted by molar-refractivity contribution is 7.92. The number of anilines is 1. The number of amides is 2. The van der Waals surface area contributed by atoms with Gasteiger partial charge in [-0.1, -0.05) is 67.1 Å². The molecule has 236 valence electrons. The molecule has 9 heteroatoms. The first-order chi connectivity index (χ1) is 21.5. The number of ether oxygens (including phenoxy) is 1. The monoisotopic (exact) mass is 627 g/mol. The van der Waals surface area contributed by atoms with Crippen LogP contribution in [0, 0.1) is 13.8 Å². The van der Waals surface area contributed by atoms with Gasteiger partial charge in [-0.05, 0) is 93.8 Å². The number of benzene rings is 4. The fourth-order valence-electron chi connectivity index (χ4n) is 4.94. The van der Waals surface area contributed by atoms with Crippen molar-refractivity contribution in [3.8, 4) is 11.5 Å². The van der Waals surface area contributed by atoms with Gasteiger partial charge >= 0.3 is 0 Å². The van der Waals surface area contributed by atoms with Crippen LogP contribution in [-0.2, 0) is 26.2 Å². The van der Waals surface area contributed by atoms with Crippen LogP contribution in [0.5, 0.6) is 11.5 Å². The molecule has 0 aliphatic rings. The van der Waals surface area contributed by atoms with Gasteiger partial charge in [0.05, 0.1) is 10.6 Å². The molecule has 0 saturated heterocycles. The molecule has 0 aromatic heterocycles. The molecule has 0 bridgehead atoms. The van der Waals surface area contributed by atoms with E-state index in [-0.39, 0.29) is 23.4 Å². The third-order valence-corrected chi connectivity index (χ3v) is 9.20. The van der Waals surface area contributed by atoms with E-state index in [4.69, 9.17) is 4.74 Å². The number of hydrogen-bond donors (Lipinski definition) is 1. The number of sulfonamides is 1. The third-order valence-electron chi connectivity index (χ3n) is 7.41. The molecule has 0 aliphatic heterocycles. The highest BCUT2D eigenvalue weighted by Crippen LogP contribution is 2.29. The normalized spacial score (nSPS) is 12.0. The maximum Gasteiger partial charge on any atom is 0.264 e. The smallest absolute Gasteiger partial charge is 0.264 e. The van der Waals surface area contributed by atoms with Crippen LogP contribution in [0.1, 0.15) is 43.9 Å². The Morgan fingerprint density at radius 1 is 0.800 bits per heavy atom. The minimum Gasteiger partial charge on any atom is -0.457 e. The van der Waals surface area contributed by atoms with Crippen LogP contribution in [0.25, 0.3) is 0 Å². The number of hydrogen-bond acceptors (Lipinski definition) is 5. The van der Waals surface area contributed by atoms with Crippen molar-refractivity contribution >= 4 is 27.5 Å². The minimum absolute atomic E-state index is 0.0561. The zero-order valence-corrected chi connectivity index (χ0v) is 27.3. The third kappa shape index (κ3) is 8.51. The molecule has 1 atom stereocenters. The lowest BCUT2D eigenvalue weighted by Gasteiger charge is -2.34. The lowest BCUT2D eigenvalue weighted by molar-refractivity contribution is -0.140. The van der Waals surface area contributed by atoms with E-state index in [0.717, 1.165) is 21.0 Å². The Bertz CT molecular complexity index is 1690. The first-order valence-corrected chi connectivity index (χ1v) is 16.5. The maximum atomic E-state index is 14.3. The van der Waals surface area contributed by atoms with Gasteiger partial charge in [0.25, 0.3) is 10.0 Å². The van der Waals surface area contributed by atoms with Gasteiger partial charge in [0, 0.05) is 12.6 Å². The molecular weight excluding hydrogens is 586 g/mol. The first kappa shape index (κ1) is 33.3. The van der Waals surface area contributed by atoms with Crippen molar-refractivity contribution in [1.82, 2.24) is 10.2 Å². The molecule has 0 fully saturated rings. The van der Waals surface area contributed by atoms with E-state index in [1.54, 1.807) is 36.4 Å². The summed E-state index contributed by atoms with van der Waals surface area (Å²) in [5, 5.41) is 2.92. The van der Waals surface area contributed by atoms with Crippen molar-refractivity contribution in [2.45, 2.75) is 64.6 Å². The molecule has 0 heterocycles. The highest BCUT2D eigenvalue weighted by Gasteiger charge is 2.34. The van der Waals surface area contributed by atoms with Gasteiger partial charge in [0.15, 0.2) is 0 Å². The van der Waals surface area contributed by atoms with Crippen molar-refractivity contribution in [2.24, 2.45) is 0 Å². The summed E-state index contributed by atoms with van der Waals surface area (Å²) in [6.07, 6.45) is 0.354. The summed E-state index contributed by atoms with van der Waals surface area (Å²) < 4.78 is 35.3. The van der Waals surface area contributed by atoms with Gasteiger partial charge in [0.1, 0.15) is 24.1 Å². The second-order valence-corrected chi connectivity index (χ2v) is 13.1. The molecule has 2 amide bonds. The Kier molecular flexibility index (Phi) is 11.0. The molecule has 4 aromatic rings. The Hall–Kier alpha value is -4.63. The molecule has 45 heavy (non-hydrogen) atoms. The van der Waals surface area contributed by atoms with Gasteiger partial charge in [-0.3, -0.25) is 13.9 Å². The molecule has 4 rings (SSSR count). The van der Waals surface area contributed by atoms with E-state index >= 15 is 0 Å². The van der Waals surface area contributed by atoms with Gasteiger partial charge in [-0.2, -0.15) is 0 Å². The van der Waals surface area contributed by atoms with Crippen LogP contribution in [0.3, 0.4) is 0 Å². The summed E-state index contributed by atoms with van der Waals surface area (Å²) in [5.41, 5.74) is 3.04. The van der Waals surface area contributed by atoms with Crippen LogP contribution in [0.4, 0.5) is 5.69 Å². The van der Waals surface area contributed by atoms with E-state index in [1.807, 2.05) is 89.2 Å². The lowest BCUT2D eigenvalue weighted by atomic mass is 10.1. The standard InChI is InChI=1S/C36H41N3O5S/c1-6-34(36(41)37-26(2)3)38(24-29-13-11-10-12-28(29)5)35(40)25-39(45(42,43)33-22-16-27(4)17-23-33)30-18-20-32(21-19-30)44-31-14-8-7-9-15-31/h7-23,26,34H,6,24-25H2,1-5H3,(H,37,41). The maximum absolute atomic E-state index is 14.3. The van der Waals surface area contributed by atoms with Crippen LogP contribution < -0.4 is 14.4 Å². The van der Waals surface area contributed by atoms with Gasteiger partial charge in [0.2, 0.25) is 11.8 Å². The number of carbonyl (C=O) groups excluding carboxylic acids is 2. The van der Waals surface area contributed by atoms with Crippen LogP contribution in [-0.4, -0.2) is 43.8 Å². The van der Waals surface area contributed by atoms with Gasteiger partial charge in [-0.15, -0.1) is 0 Å². The number of para-hydroxylation sites is 1. The Morgan fingerprint density at radius 3 is 2.00 bits per heavy atom. The fourth-order valence-corrected chi connectivity index (χ4v) is 6.36. The molecule has 4 aromatic carbocycles. The summed E-state index contributed by atoms with van der Waals surface area (Å²) in [6, 6.07) is 29.0. The van der Waals surface area contributed by atoms with Crippen LogP contribution in [0.15, 0.2) is 108 Å². The second kappa shape index (κ2) is 14.9. The quantitative estimate of drug-likeness (QED) is 0.180. The summed E-state index contributed by atoms with van der Waals surface area (Å²) >= 11 is 0. The van der Waals surface area contributed by atoms with Crippen molar-refractivity contribution in [1.29, 1.82) is 0 Å². The minimum atomic E-state index is -4.18. The first-order valence-electron chi connectivity index (χ1n) is 15.1. The predicted octanol–water partition coefficient (Wildman–Crippen LogP) is 6.62. The number of nitrogens with one attached hydrogen (secondary N) is 1. The van der Waals surface area contributed by atoms with Crippen molar-refractivity contribution < 1.29 is 22.7 Å². The number of aryl methyl sites for hydroxylation is 2. The highest BCUT2D eigenvalue weighted by atomic mass is 32.2. The van der Waals surface area contributed by atoms with Crippen LogP contribution in [0.2, 0.25) is 0 Å². The zero-order chi connectivity index (χ0) is 32.6. The number of nitrogens with zero attached hydrogens (tertiary/aromatic N) is 2. The molecule has 1 N–H and O–H groups in total. The molecule has 0 saturated carbocycles. The summed E-state index contributed by atoms with van der Waals surface area (Å²) in [6.45, 7) is 9.03. The molecule has 0 spiro atoms. The Balaban J connectivity index is 1.74. The Morgan fingerprint density at radius 2 is 1.40 bits per heavy atom. The van der Waals surface area contributed by atoms with E-state index in [0.29, 0.717) is 23.6 Å². The largest absolute Gasteiger partial charge is 0.457 e. The van der Waals surface area contributed by atoms with E-state index in [9.17, 15) is 18.0 Å². The molecule has 0 radical (unpaired) electrons. The molecule has 1 unspecified atom stereocenters. The van der Waals surface area contributed by atoms with Crippen LogP contribution >= 0.6 is 0 Å². The topological polar surface area (TPSA) is 96.0 Å². The number of rotatable bonds is 13. The zero-order valence-electron chi connectivity index (χ0n) is 26.4. The number of carbonyl (C=O) groups is 2. The lowest BCUT2D eigenvalue weighted by Crippen LogP contribution is -2.53. The molecule has 8 nitrogen and oxygen atoms in total. The average Bonchev–Trinajstić information content (AvgIpc) is 3.01. The predicted molar refractivity (Wildman–Crippen MR) is 178 cm³/mol. The van der Waals surface area contributed by atoms with E-state index < -0.39 is 28.5 Å². The van der Waals surface area contributed by atoms with Gasteiger partial charge < -0.3 is 15.0 Å². The Labute approximate surface area is 266 Å². The van der Waals surface area contributed by atoms with Crippen molar-refractivity contribution in [3.63, 3.8) is 0 Å². The summed E-state index contributed by atoms with van der Waals surface area (Å²) in [5.74, 6) is 0.373. The van der Waals surface area contributed by atoms with Gasteiger partial charge in [-0.25, -0.2) is 8.42 Å². The van der Waals surface area contributed by atoms with Crippen molar-refractivity contribution in [2.75, 3.05) is 10.8 Å². The summed E-state index contributed by atoms with van der Waals surface area (Å²) in [7, 11) is -4.18. The SMILES string of the molecule is CCC(C(=O)NC(C)C)N(Cc1ccccc1C)C(=O)CN(c1ccc(Oc2ccccc2)cc1)S(=O)(=O)c1ccc(C)cc1. The van der Waals surface area contributed by atoms with Crippen molar-refractivity contribution in [3.05, 3.63) is 120 Å². The summed E-state index contributed by atoms with van der Waals surface area (Å²) in [4.78, 5) is 29.2. The van der Waals surface area contributed by atoms with E-state index in [2.05, 4.69) is 5.32 Å².